The Morgan fingerprint density at radius 2 is 1.88 bits per heavy atom. The van der Waals surface area contributed by atoms with Crippen LogP contribution >= 0.6 is 11.3 Å². The first-order chi connectivity index (χ1) is 19.4. The molecule has 1 fully saturated rings. The summed E-state index contributed by atoms with van der Waals surface area (Å²) in [5, 5.41) is 10.3. The second-order valence-corrected chi connectivity index (χ2v) is 10.9. The Kier molecular flexibility index (Phi) is 6.73. The molecule has 0 spiro atoms. The standard InChI is InChI=1S/C31H29N5O3S/c1-4-19(3)33-22-11-8-12-23(22)34-29(37)28-27-26-25(15-16-32-30(26)40-28)36(31(38)35-27)24-14-13-21(17-18(24)2)39-20-9-6-5-7-10-20/h4-7,9-10,13-17,22-23,33H,1,3,8,11-12H2,2H3,(H,34,37)(H,35,38). The van der Waals surface area contributed by atoms with Crippen LogP contribution in [0.5, 0.6) is 11.5 Å². The van der Waals surface area contributed by atoms with Gasteiger partial charge in [-0.3, -0.25) is 9.69 Å². The van der Waals surface area contributed by atoms with Crippen LogP contribution in [0.1, 0.15) is 34.5 Å². The lowest BCUT2D eigenvalue weighted by atomic mass is 10.1. The molecule has 4 aromatic rings. The van der Waals surface area contributed by atoms with Gasteiger partial charge in [0.2, 0.25) is 0 Å². The second kappa shape index (κ2) is 10.5. The molecule has 8 nitrogen and oxygen atoms in total. The number of anilines is 3. The number of aromatic nitrogens is 1. The number of hydrogen-bond acceptors (Lipinski definition) is 6. The van der Waals surface area contributed by atoms with Crippen molar-refractivity contribution in [3.05, 3.63) is 96.2 Å². The fourth-order valence-electron chi connectivity index (χ4n) is 5.39. The molecule has 3 N–H and O–H groups in total. The number of aryl methyl sites for hydroxylation is 1. The third kappa shape index (κ3) is 4.69. The molecule has 40 heavy (non-hydrogen) atoms. The van der Waals surface area contributed by atoms with Crippen molar-refractivity contribution in [2.45, 2.75) is 38.3 Å². The molecular weight excluding hydrogens is 522 g/mol. The van der Waals surface area contributed by atoms with Crippen molar-refractivity contribution in [1.29, 1.82) is 0 Å². The van der Waals surface area contributed by atoms with Crippen LogP contribution in [0, 0.1) is 6.92 Å². The van der Waals surface area contributed by atoms with Gasteiger partial charge >= 0.3 is 6.03 Å². The van der Waals surface area contributed by atoms with E-state index < -0.39 is 0 Å². The monoisotopic (exact) mass is 551 g/mol. The Labute approximate surface area is 236 Å². The quantitative estimate of drug-likeness (QED) is 0.205. The molecule has 6 rings (SSSR count). The van der Waals surface area contributed by atoms with E-state index in [2.05, 4.69) is 34.1 Å². The molecule has 2 aliphatic rings. The number of amides is 3. The molecule has 2 aromatic heterocycles. The number of thiophene rings is 1. The van der Waals surface area contributed by atoms with Crippen molar-refractivity contribution >= 4 is 50.6 Å². The zero-order valence-electron chi connectivity index (χ0n) is 22.1. The number of carbonyl (C=O) groups excluding carboxylic acids is 2. The van der Waals surface area contributed by atoms with E-state index in [-0.39, 0.29) is 24.0 Å². The van der Waals surface area contributed by atoms with Gasteiger partial charge in [0, 0.05) is 24.0 Å². The maximum absolute atomic E-state index is 13.6. The Balaban J connectivity index is 1.30. The fourth-order valence-corrected chi connectivity index (χ4v) is 6.41. The molecule has 3 heterocycles. The van der Waals surface area contributed by atoms with E-state index in [4.69, 9.17) is 4.74 Å². The summed E-state index contributed by atoms with van der Waals surface area (Å²) in [5.74, 6) is 1.19. The van der Waals surface area contributed by atoms with Crippen molar-refractivity contribution in [2.75, 3.05) is 10.2 Å². The van der Waals surface area contributed by atoms with Gasteiger partial charge in [0.1, 0.15) is 21.2 Å². The zero-order chi connectivity index (χ0) is 27.8. The molecule has 0 bridgehead atoms. The number of benzene rings is 2. The van der Waals surface area contributed by atoms with Gasteiger partial charge in [0.15, 0.2) is 0 Å². The summed E-state index contributed by atoms with van der Waals surface area (Å²) in [4.78, 5) is 34.4. The highest BCUT2D eigenvalue weighted by Gasteiger charge is 2.35. The summed E-state index contributed by atoms with van der Waals surface area (Å²) in [7, 11) is 0. The van der Waals surface area contributed by atoms with Crippen LogP contribution in [0.15, 0.2) is 85.7 Å². The molecular formula is C31H29N5O3S. The van der Waals surface area contributed by atoms with Crippen molar-refractivity contribution < 1.29 is 14.3 Å². The van der Waals surface area contributed by atoms with Gasteiger partial charge in [-0.1, -0.05) is 31.4 Å². The average molecular weight is 552 g/mol. The van der Waals surface area contributed by atoms with Crippen LogP contribution in [0.25, 0.3) is 10.2 Å². The zero-order valence-corrected chi connectivity index (χ0v) is 22.9. The van der Waals surface area contributed by atoms with Crippen molar-refractivity contribution in [3.63, 3.8) is 0 Å². The number of urea groups is 1. The van der Waals surface area contributed by atoms with E-state index in [0.29, 0.717) is 26.8 Å². The predicted molar refractivity (Wildman–Crippen MR) is 160 cm³/mol. The highest BCUT2D eigenvalue weighted by Crippen LogP contribution is 2.46. The Morgan fingerprint density at radius 3 is 2.62 bits per heavy atom. The van der Waals surface area contributed by atoms with Gasteiger partial charge in [-0.15, -0.1) is 11.3 Å². The average Bonchev–Trinajstić information content (AvgIpc) is 3.55. The largest absolute Gasteiger partial charge is 0.457 e. The number of hydrogen-bond donors (Lipinski definition) is 3. The number of rotatable bonds is 8. The van der Waals surface area contributed by atoms with E-state index in [1.807, 2.05) is 61.5 Å². The number of nitrogens with zero attached hydrogens (tertiary/aromatic N) is 2. The summed E-state index contributed by atoms with van der Waals surface area (Å²) in [6.07, 6.45) is 6.14. The molecule has 0 radical (unpaired) electrons. The topological polar surface area (TPSA) is 95.6 Å². The molecule has 2 unspecified atom stereocenters. The van der Waals surface area contributed by atoms with Crippen LogP contribution in [0.2, 0.25) is 0 Å². The van der Waals surface area contributed by atoms with Gasteiger partial charge in [-0.05, 0) is 74.2 Å². The minimum absolute atomic E-state index is 0.0518. The number of pyridine rings is 1. The number of para-hydroxylation sites is 1. The summed E-state index contributed by atoms with van der Waals surface area (Å²) < 4.78 is 5.98. The first-order valence-electron chi connectivity index (χ1n) is 13.2. The lowest BCUT2D eigenvalue weighted by Crippen LogP contribution is -2.46. The summed E-state index contributed by atoms with van der Waals surface area (Å²) in [5.41, 5.74) is 3.50. The van der Waals surface area contributed by atoms with E-state index in [1.54, 1.807) is 17.2 Å². The number of ether oxygens (including phenoxy) is 1. The normalized spacial score (nSPS) is 17.8. The third-order valence-corrected chi connectivity index (χ3v) is 8.39. The Hall–Kier alpha value is -4.63. The number of carbonyl (C=O) groups is 2. The van der Waals surface area contributed by atoms with Crippen LogP contribution < -0.4 is 25.6 Å². The minimum Gasteiger partial charge on any atom is -0.457 e. The molecule has 2 aromatic carbocycles. The molecule has 1 aliphatic heterocycles. The maximum atomic E-state index is 13.6. The summed E-state index contributed by atoms with van der Waals surface area (Å²) in [6, 6.07) is 16.7. The highest BCUT2D eigenvalue weighted by atomic mass is 32.1. The van der Waals surface area contributed by atoms with Crippen LogP contribution in [-0.4, -0.2) is 29.0 Å². The van der Waals surface area contributed by atoms with Gasteiger partial charge < -0.3 is 20.7 Å². The minimum atomic E-state index is -0.338. The number of allylic oxidation sites excluding steroid dienone is 1. The van der Waals surface area contributed by atoms with E-state index >= 15 is 0 Å². The van der Waals surface area contributed by atoms with E-state index in [1.165, 1.54) is 11.3 Å². The molecule has 3 amide bonds. The molecule has 202 valence electrons. The first kappa shape index (κ1) is 25.6. The van der Waals surface area contributed by atoms with Crippen LogP contribution in [0.3, 0.4) is 0 Å². The molecule has 1 aliphatic carbocycles. The van der Waals surface area contributed by atoms with Gasteiger partial charge in [-0.25, -0.2) is 9.78 Å². The maximum Gasteiger partial charge on any atom is 0.331 e. The number of nitrogens with one attached hydrogen (secondary N) is 3. The SMILES string of the molecule is C=CC(=C)NC1CCCC1NC(=O)c1sc2nccc3c2c1NC(=O)N3c1ccc(Oc2ccccc2)cc1C. The van der Waals surface area contributed by atoms with Crippen molar-refractivity contribution in [2.24, 2.45) is 0 Å². The van der Waals surface area contributed by atoms with Crippen molar-refractivity contribution in [1.82, 2.24) is 15.6 Å². The molecule has 0 saturated heterocycles. The van der Waals surface area contributed by atoms with Gasteiger partial charge in [-0.2, -0.15) is 0 Å². The molecule has 9 heteroatoms. The van der Waals surface area contributed by atoms with Gasteiger partial charge in [0.25, 0.3) is 5.91 Å². The lowest BCUT2D eigenvalue weighted by molar-refractivity contribution is 0.0937. The highest BCUT2D eigenvalue weighted by molar-refractivity contribution is 7.21. The van der Waals surface area contributed by atoms with E-state index in [0.717, 1.165) is 47.3 Å². The van der Waals surface area contributed by atoms with Crippen LogP contribution in [-0.2, 0) is 0 Å². The summed E-state index contributed by atoms with van der Waals surface area (Å²) >= 11 is 1.28. The van der Waals surface area contributed by atoms with Crippen molar-refractivity contribution in [3.8, 4) is 11.5 Å². The Bertz CT molecular complexity index is 1650. The lowest BCUT2D eigenvalue weighted by Gasteiger charge is -2.29. The van der Waals surface area contributed by atoms with Crippen LogP contribution in [0.4, 0.5) is 21.9 Å². The molecule has 2 atom stereocenters. The van der Waals surface area contributed by atoms with E-state index in [9.17, 15) is 9.59 Å². The smallest absolute Gasteiger partial charge is 0.331 e. The Morgan fingerprint density at radius 1 is 1.10 bits per heavy atom. The second-order valence-electron chi connectivity index (χ2n) is 9.94. The molecule has 1 saturated carbocycles. The third-order valence-electron chi connectivity index (χ3n) is 7.29. The first-order valence-corrected chi connectivity index (χ1v) is 14.0. The predicted octanol–water partition coefficient (Wildman–Crippen LogP) is 7.02. The summed E-state index contributed by atoms with van der Waals surface area (Å²) in [6.45, 7) is 9.64. The van der Waals surface area contributed by atoms with Gasteiger partial charge in [0.05, 0.1) is 22.4 Å². The fraction of sp³-hybridized carbons (Fsp3) is 0.194.